The summed E-state index contributed by atoms with van der Waals surface area (Å²) in [5, 5.41) is 1.11. The molecular weight excluding hydrogens is 219 g/mol. The van der Waals surface area contributed by atoms with Crippen molar-refractivity contribution in [3.05, 3.63) is 33.3 Å². The average Bonchev–Trinajstić information content (AvgIpc) is 2.18. The molecule has 0 saturated carbocycles. The number of benzene rings is 1. The molecule has 0 bridgehead atoms. The van der Waals surface area contributed by atoms with Crippen LogP contribution in [0.1, 0.15) is 35.7 Å². The number of unbranched alkanes of at least 4 members (excludes halogenated alkanes) is 1. The van der Waals surface area contributed by atoms with Crippen LogP contribution in [0, 0.1) is 0 Å². The van der Waals surface area contributed by atoms with E-state index in [0.29, 0.717) is 15.6 Å². The zero-order chi connectivity index (χ0) is 10.6. The van der Waals surface area contributed by atoms with Crippen LogP contribution in [-0.2, 0) is 6.42 Å². The van der Waals surface area contributed by atoms with Gasteiger partial charge in [-0.05, 0) is 30.5 Å². The van der Waals surface area contributed by atoms with Crippen LogP contribution in [0.5, 0.6) is 0 Å². The molecule has 0 radical (unpaired) electrons. The van der Waals surface area contributed by atoms with Crippen LogP contribution in [-0.4, -0.2) is 6.29 Å². The van der Waals surface area contributed by atoms with Gasteiger partial charge in [-0.25, -0.2) is 0 Å². The highest BCUT2D eigenvalue weighted by molar-refractivity contribution is 6.35. The van der Waals surface area contributed by atoms with Crippen LogP contribution in [0.3, 0.4) is 0 Å². The second-order valence-corrected chi connectivity index (χ2v) is 4.00. The van der Waals surface area contributed by atoms with Gasteiger partial charge in [0, 0.05) is 10.6 Å². The Kier molecular flexibility index (Phi) is 4.43. The Morgan fingerprint density at radius 2 is 2.00 bits per heavy atom. The average molecular weight is 231 g/mol. The third-order valence-electron chi connectivity index (χ3n) is 2.09. The molecule has 0 aliphatic rings. The Balaban J connectivity index is 2.96. The topological polar surface area (TPSA) is 17.1 Å². The minimum Gasteiger partial charge on any atom is -0.298 e. The zero-order valence-electron chi connectivity index (χ0n) is 8.02. The first kappa shape index (κ1) is 11.5. The van der Waals surface area contributed by atoms with E-state index < -0.39 is 0 Å². The van der Waals surface area contributed by atoms with Crippen molar-refractivity contribution in [2.45, 2.75) is 26.2 Å². The maximum atomic E-state index is 10.6. The first-order chi connectivity index (χ1) is 6.69. The van der Waals surface area contributed by atoms with Gasteiger partial charge in [-0.2, -0.15) is 0 Å². The normalized spacial score (nSPS) is 10.2. The fraction of sp³-hybridized carbons (Fsp3) is 0.364. The number of rotatable bonds is 4. The third-order valence-corrected chi connectivity index (χ3v) is 2.77. The Morgan fingerprint density at radius 1 is 1.29 bits per heavy atom. The second-order valence-electron chi connectivity index (χ2n) is 3.19. The summed E-state index contributed by atoms with van der Waals surface area (Å²) in [7, 11) is 0. The first-order valence-electron chi connectivity index (χ1n) is 4.62. The largest absolute Gasteiger partial charge is 0.298 e. The van der Waals surface area contributed by atoms with Gasteiger partial charge in [0.15, 0.2) is 6.29 Å². The Morgan fingerprint density at radius 3 is 2.57 bits per heavy atom. The van der Waals surface area contributed by atoms with Gasteiger partial charge in [-0.15, -0.1) is 0 Å². The molecule has 0 atom stereocenters. The maximum Gasteiger partial charge on any atom is 0.151 e. The van der Waals surface area contributed by atoms with E-state index >= 15 is 0 Å². The van der Waals surface area contributed by atoms with Gasteiger partial charge in [-0.3, -0.25) is 4.79 Å². The maximum absolute atomic E-state index is 10.6. The number of hydrogen-bond acceptors (Lipinski definition) is 1. The highest BCUT2D eigenvalue weighted by Gasteiger charge is 2.06. The van der Waals surface area contributed by atoms with Crippen LogP contribution in [0.4, 0.5) is 0 Å². The van der Waals surface area contributed by atoms with Crippen LogP contribution in [0.25, 0.3) is 0 Å². The molecule has 0 aromatic heterocycles. The van der Waals surface area contributed by atoms with Crippen LogP contribution >= 0.6 is 23.2 Å². The van der Waals surface area contributed by atoms with Gasteiger partial charge in [0.1, 0.15) is 0 Å². The van der Waals surface area contributed by atoms with E-state index in [-0.39, 0.29) is 0 Å². The van der Waals surface area contributed by atoms with Crippen LogP contribution in [0.15, 0.2) is 12.1 Å². The lowest BCUT2D eigenvalue weighted by molar-refractivity contribution is 0.112. The molecule has 0 unspecified atom stereocenters. The molecule has 1 aromatic rings. The van der Waals surface area contributed by atoms with E-state index in [0.717, 1.165) is 31.1 Å². The second kappa shape index (κ2) is 5.38. The molecule has 1 aromatic carbocycles. The monoisotopic (exact) mass is 230 g/mol. The lowest BCUT2D eigenvalue weighted by atomic mass is 10.1. The molecule has 76 valence electrons. The highest BCUT2D eigenvalue weighted by atomic mass is 35.5. The summed E-state index contributed by atoms with van der Waals surface area (Å²) in [6.45, 7) is 2.12. The number of hydrogen-bond donors (Lipinski definition) is 0. The SMILES string of the molecule is CCCCc1cc(Cl)c(C=O)cc1Cl. The van der Waals surface area contributed by atoms with Gasteiger partial charge < -0.3 is 0 Å². The molecule has 3 heteroatoms. The Bertz CT molecular complexity index is 334. The number of aryl methyl sites for hydroxylation is 1. The van der Waals surface area contributed by atoms with E-state index in [4.69, 9.17) is 23.2 Å². The molecule has 0 saturated heterocycles. The van der Waals surface area contributed by atoms with E-state index in [1.54, 1.807) is 12.1 Å². The summed E-state index contributed by atoms with van der Waals surface area (Å²) in [5.41, 5.74) is 1.47. The van der Waals surface area contributed by atoms with Crippen molar-refractivity contribution in [2.24, 2.45) is 0 Å². The van der Waals surface area contributed by atoms with Crippen molar-refractivity contribution >= 4 is 29.5 Å². The van der Waals surface area contributed by atoms with Crippen molar-refractivity contribution in [1.82, 2.24) is 0 Å². The summed E-state index contributed by atoms with van der Waals surface area (Å²) in [5.74, 6) is 0. The Labute approximate surface area is 94.0 Å². The van der Waals surface area contributed by atoms with E-state index in [1.165, 1.54) is 0 Å². The smallest absolute Gasteiger partial charge is 0.151 e. The molecule has 14 heavy (non-hydrogen) atoms. The summed E-state index contributed by atoms with van der Waals surface area (Å²) in [6.07, 6.45) is 3.83. The van der Waals surface area contributed by atoms with Crippen molar-refractivity contribution in [3.8, 4) is 0 Å². The van der Waals surface area contributed by atoms with E-state index in [2.05, 4.69) is 6.92 Å². The molecule has 0 heterocycles. The lowest BCUT2D eigenvalue weighted by Crippen LogP contribution is -1.90. The minimum atomic E-state index is 0.455. The molecule has 1 nitrogen and oxygen atoms in total. The quantitative estimate of drug-likeness (QED) is 0.711. The fourth-order valence-electron chi connectivity index (χ4n) is 1.25. The molecule has 0 fully saturated rings. The number of halogens is 2. The van der Waals surface area contributed by atoms with E-state index in [1.807, 2.05) is 0 Å². The third kappa shape index (κ3) is 2.73. The standard InChI is InChI=1S/C11H12Cl2O/c1-2-3-4-8-5-11(13)9(7-14)6-10(8)12/h5-7H,2-4H2,1H3. The molecule has 0 aliphatic carbocycles. The van der Waals surface area contributed by atoms with Crippen molar-refractivity contribution in [1.29, 1.82) is 0 Å². The molecular formula is C11H12Cl2O. The predicted octanol–water partition coefficient (Wildman–Crippen LogP) is 4.15. The fourth-order valence-corrected chi connectivity index (χ4v) is 1.75. The summed E-state index contributed by atoms with van der Waals surface area (Å²) < 4.78 is 0. The van der Waals surface area contributed by atoms with Crippen molar-refractivity contribution in [3.63, 3.8) is 0 Å². The molecule has 0 spiro atoms. The summed E-state index contributed by atoms with van der Waals surface area (Å²) in [6, 6.07) is 3.41. The van der Waals surface area contributed by atoms with Crippen LogP contribution < -0.4 is 0 Å². The first-order valence-corrected chi connectivity index (χ1v) is 5.37. The van der Waals surface area contributed by atoms with Gasteiger partial charge >= 0.3 is 0 Å². The summed E-state index contributed by atoms with van der Waals surface area (Å²) in [4.78, 5) is 10.6. The van der Waals surface area contributed by atoms with Gasteiger partial charge in [0.2, 0.25) is 0 Å². The van der Waals surface area contributed by atoms with Gasteiger partial charge in [-0.1, -0.05) is 36.5 Å². The van der Waals surface area contributed by atoms with E-state index in [9.17, 15) is 4.79 Å². The van der Waals surface area contributed by atoms with Crippen LogP contribution in [0.2, 0.25) is 10.0 Å². The predicted molar refractivity (Wildman–Crippen MR) is 60.5 cm³/mol. The Hall–Kier alpha value is -0.530. The molecule has 0 N–H and O–H groups in total. The molecule has 1 rings (SSSR count). The number of carbonyl (C=O) groups excluding carboxylic acids is 1. The summed E-state index contributed by atoms with van der Waals surface area (Å²) >= 11 is 11.9. The minimum absolute atomic E-state index is 0.455. The molecule has 0 amide bonds. The highest BCUT2D eigenvalue weighted by Crippen LogP contribution is 2.25. The number of carbonyl (C=O) groups is 1. The van der Waals surface area contributed by atoms with Gasteiger partial charge in [0.05, 0.1) is 5.02 Å². The number of aldehydes is 1. The van der Waals surface area contributed by atoms with Crippen molar-refractivity contribution in [2.75, 3.05) is 0 Å². The molecule has 0 aliphatic heterocycles. The lowest BCUT2D eigenvalue weighted by Gasteiger charge is -2.05. The zero-order valence-corrected chi connectivity index (χ0v) is 9.53. The van der Waals surface area contributed by atoms with Crippen molar-refractivity contribution < 1.29 is 4.79 Å². The van der Waals surface area contributed by atoms with Gasteiger partial charge in [0.25, 0.3) is 0 Å².